The highest BCUT2D eigenvalue weighted by molar-refractivity contribution is 5.96. The van der Waals surface area contributed by atoms with Gasteiger partial charge in [-0.25, -0.2) is 0 Å². The molecule has 1 aromatic rings. The van der Waals surface area contributed by atoms with E-state index in [4.69, 9.17) is 10.5 Å². The van der Waals surface area contributed by atoms with Crippen LogP contribution < -0.4 is 10.5 Å². The van der Waals surface area contributed by atoms with Crippen molar-refractivity contribution in [2.24, 2.45) is 11.7 Å². The summed E-state index contributed by atoms with van der Waals surface area (Å²) in [4.78, 5) is 12.3. The average molecular weight is 275 g/mol. The van der Waals surface area contributed by atoms with Gasteiger partial charge in [0, 0.05) is 18.4 Å². The highest BCUT2D eigenvalue weighted by atomic mass is 16.5. The van der Waals surface area contributed by atoms with Crippen LogP contribution >= 0.6 is 0 Å². The van der Waals surface area contributed by atoms with Crippen LogP contribution in [0.1, 0.15) is 54.9 Å². The molecule has 0 fully saturated rings. The van der Waals surface area contributed by atoms with Crippen LogP contribution in [-0.2, 0) is 6.42 Å². The topological polar surface area (TPSA) is 52.3 Å². The van der Waals surface area contributed by atoms with E-state index in [0.717, 1.165) is 50.1 Å². The van der Waals surface area contributed by atoms with Gasteiger partial charge in [0.05, 0.1) is 6.61 Å². The van der Waals surface area contributed by atoms with Gasteiger partial charge >= 0.3 is 0 Å². The van der Waals surface area contributed by atoms with E-state index in [2.05, 4.69) is 6.92 Å². The van der Waals surface area contributed by atoms with Gasteiger partial charge in [-0.15, -0.1) is 0 Å². The summed E-state index contributed by atoms with van der Waals surface area (Å²) in [6, 6.07) is 5.83. The van der Waals surface area contributed by atoms with Crippen molar-refractivity contribution in [3.05, 3.63) is 29.3 Å². The minimum absolute atomic E-state index is 0.248. The van der Waals surface area contributed by atoms with Crippen molar-refractivity contribution < 1.29 is 9.53 Å². The molecule has 0 amide bonds. The highest BCUT2D eigenvalue weighted by Gasteiger charge is 2.16. The molecule has 1 aromatic carbocycles. The summed E-state index contributed by atoms with van der Waals surface area (Å²) in [5.41, 5.74) is 7.64. The summed E-state index contributed by atoms with van der Waals surface area (Å²) >= 11 is 0. The molecule has 2 rings (SSSR count). The first-order valence-corrected chi connectivity index (χ1v) is 7.73. The van der Waals surface area contributed by atoms with Gasteiger partial charge in [-0.05, 0) is 49.1 Å². The van der Waals surface area contributed by atoms with Crippen LogP contribution in [0.15, 0.2) is 18.2 Å². The Morgan fingerprint density at radius 1 is 1.35 bits per heavy atom. The van der Waals surface area contributed by atoms with Gasteiger partial charge in [0.1, 0.15) is 5.75 Å². The zero-order valence-electron chi connectivity index (χ0n) is 12.4. The Balaban J connectivity index is 1.91. The first-order chi connectivity index (χ1) is 9.74. The van der Waals surface area contributed by atoms with E-state index < -0.39 is 0 Å². The van der Waals surface area contributed by atoms with Crippen molar-refractivity contribution in [1.29, 1.82) is 0 Å². The number of ether oxygens (including phenoxy) is 1. The number of rotatable bonds is 8. The fraction of sp³-hybridized carbons (Fsp3) is 0.588. The molecule has 0 aromatic heterocycles. The lowest BCUT2D eigenvalue weighted by atomic mass is 9.92. The molecule has 110 valence electrons. The molecule has 0 radical (unpaired) electrons. The predicted molar refractivity (Wildman–Crippen MR) is 81.3 cm³/mol. The van der Waals surface area contributed by atoms with Crippen molar-refractivity contribution in [2.45, 2.75) is 45.4 Å². The van der Waals surface area contributed by atoms with E-state index in [1.54, 1.807) is 0 Å². The summed E-state index contributed by atoms with van der Waals surface area (Å²) in [6.45, 7) is 3.64. The Kier molecular flexibility index (Phi) is 5.60. The van der Waals surface area contributed by atoms with E-state index in [1.165, 1.54) is 12.0 Å². The molecule has 1 heterocycles. The summed E-state index contributed by atoms with van der Waals surface area (Å²) < 4.78 is 5.47. The Labute approximate surface area is 121 Å². The lowest BCUT2D eigenvalue weighted by Gasteiger charge is -2.14. The molecule has 1 atom stereocenters. The molecule has 20 heavy (non-hydrogen) atoms. The number of carbonyl (C=O) groups excluding carboxylic acids is 1. The third-order valence-corrected chi connectivity index (χ3v) is 4.06. The Bertz CT molecular complexity index is 450. The summed E-state index contributed by atoms with van der Waals surface area (Å²) in [6.07, 6.45) is 5.86. The van der Waals surface area contributed by atoms with Crippen LogP contribution in [0.5, 0.6) is 5.75 Å². The van der Waals surface area contributed by atoms with Gasteiger partial charge in [-0.3, -0.25) is 4.79 Å². The molecule has 0 aliphatic carbocycles. The van der Waals surface area contributed by atoms with Crippen molar-refractivity contribution in [2.75, 3.05) is 13.2 Å². The van der Waals surface area contributed by atoms with Crippen molar-refractivity contribution in [3.8, 4) is 5.75 Å². The van der Waals surface area contributed by atoms with E-state index >= 15 is 0 Å². The predicted octanol–water partition coefficient (Wildman–Crippen LogP) is 3.35. The normalized spacial score (nSPS) is 14.7. The quantitative estimate of drug-likeness (QED) is 0.740. The first kappa shape index (κ1) is 15.0. The Hall–Kier alpha value is -1.35. The lowest BCUT2D eigenvalue weighted by Crippen LogP contribution is -2.11. The maximum atomic E-state index is 12.3. The molecular weight excluding hydrogens is 250 g/mol. The monoisotopic (exact) mass is 275 g/mol. The minimum atomic E-state index is 0.248. The molecule has 0 saturated heterocycles. The lowest BCUT2D eigenvalue weighted by molar-refractivity contribution is 0.0972. The van der Waals surface area contributed by atoms with Crippen LogP contribution in [0.4, 0.5) is 0 Å². The van der Waals surface area contributed by atoms with Crippen LogP contribution in [0, 0.1) is 5.92 Å². The standard InChI is InChI=1S/C17H25NO2/c1-2-3-13(8-10-18)4-6-16(19)14-5-7-17-15(12-14)9-11-20-17/h5,7,12-13H,2-4,6,8-11,18H2,1H3. The summed E-state index contributed by atoms with van der Waals surface area (Å²) in [5.74, 6) is 1.78. The number of ketones is 1. The number of hydrogen-bond acceptors (Lipinski definition) is 3. The van der Waals surface area contributed by atoms with Crippen LogP contribution in [-0.4, -0.2) is 18.9 Å². The number of hydrogen-bond donors (Lipinski definition) is 1. The molecular formula is C17H25NO2. The van der Waals surface area contributed by atoms with E-state index in [-0.39, 0.29) is 5.78 Å². The molecule has 1 unspecified atom stereocenters. The molecule has 0 spiro atoms. The number of carbonyl (C=O) groups is 1. The van der Waals surface area contributed by atoms with E-state index in [1.807, 2.05) is 18.2 Å². The minimum Gasteiger partial charge on any atom is -0.493 e. The maximum absolute atomic E-state index is 12.3. The van der Waals surface area contributed by atoms with Gasteiger partial charge < -0.3 is 10.5 Å². The van der Waals surface area contributed by atoms with Gasteiger partial charge in [0.15, 0.2) is 5.78 Å². The fourth-order valence-electron chi connectivity index (χ4n) is 2.92. The van der Waals surface area contributed by atoms with Crippen molar-refractivity contribution in [3.63, 3.8) is 0 Å². The smallest absolute Gasteiger partial charge is 0.162 e. The van der Waals surface area contributed by atoms with E-state index in [0.29, 0.717) is 12.3 Å². The van der Waals surface area contributed by atoms with Gasteiger partial charge in [-0.2, -0.15) is 0 Å². The van der Waals surface area contributed by atoms with E-state index in [9.17, 15) is 4.79 Å². The zero-order valence-corrected chi connectivity index (χ0v) is 12.4. The molecule has 1 aliphatic heterocycles. The number of Topliss-reactive ketones (excluding diaryl/α,β-unsaturated/α-hetero) is 1. The molecule has 1 aliphatic rings. The SMILES string of the molecule is CCCC(CCN)CCC(=O)c1ccc2c(c1)CCO2. The third-order valence-electron chi connectivity index (χ3n) is 4.06. The highest BCUT2D eigenvalue weighted by Crippen LogP contribution is 2.27. The molecule has 0 saturated carbocycles. The zero-order chi connectivity index (χ0) is 14.4. The Morgan fingerprint density at radius 3 is 2.95 bits per heavy atom. The van der Waals surface area contributed by atoms with Crippen LogP contribution in [0.25, 0.3) is 0 Å². The second-order valence-electron chi connectivity index (χ2n) is 5.61. The first-order valence-electron chi connectivity index (χ1n) is 7.73. The van der Waals surface area contributed by atoms with Gasteiger partial charge in [0.2, 0.25) is 0 Å². The number of benzene rings is 1. The second-order valence-corrected chi connectivity index (χ2v) is 5.61. The van der Waals surface area contributed by atoms with Crippen molar-refractivity contribution in [1.82, 2.24) is 0 Å². The number of nitrogens with two attached hydrogens (primary N) is 1. The van der Waals surface area contributed by atoms with Crippen LogP contribution in [0.2, 0.25) is 0 Å². The molecule has 3 heteroatoms. The second kappa shape index (κ2) is 7.44. The molecule has 2 N–H and O–H groups in total. The summed E-state index contributed by atoms with van der Waals surface area (Å²) in [7, 11) is 0. The van der Waals surface area contributed by atoms with Crippen molar-refractivity contribution >= 4 is 5.78 Å². The Morgan fingerprint density at radius 2 is 2.20 bits per heavy atom. The molecule has 0 bridgehead atoms. The fourth-order valence-corrected chi connectivity index (χ4v) is 2.92. The average Bonchev–Trinajstić information content (AvgIpc) is 2.92. The van der Waals surface area contributed by atoms with Gasteiger partial charge in [-0.1, -0.05) is 19.8 Å². The molecule has 3 nitrogen and oxygen atoms in total. The third kappa shape index (κ3) is 3.83. The maximum Gasteiger partial charge on any atom is 0.162 e. The number of fused-ring (bicyclic) bond motifs is 1. The summed E-state index contributed by atoms with van der Waals surface area (Å²) in [5, 5.41) is 0. The largest absolute Gasteiger partial charge is 0.493 e. The van der Waals surface area contributed by atoms with Crippen LogP contribution in [0.3, 0.4) is 0 Å². The van der Waals surface area contributed by atoms with Gasteiger partial charge in [0.25, 0.3) is 0 Å².